The van der Waals surface area contributed by atoms with Gasteiger partial charge < -0.3 is 15.0 Å². The summed E-state index contributed by atoms with van der Waals surface area (Å²) >= 11 is 6.04. The molecular formula is C22H15ClN4O7. The Hall–Kier alpha value is -4.51. The van der Waals surface area contributed by atoms with Gasteiger partial charge >= 0.3 is 0 Å². The van der Waals surface area contributed by atoms with Gasteiger partial charge in [0.2, 0.25) is 0 Å². The lowest BCUT2D eigenvalue weighted by Crippen LogP contribution is -2.38. The molecule has 2 amide bonds. The van der Waals surface area contributed by atoms with Gasteiger partial charge in [-0.1, -0.05) is 23.7 Å². The number of carbonyl (C=O) groups is 2. The third-order valence-electron chi connectivity index (χ3n) is 4.98. The van der Waals surface area contributed by atoms with Gasteiger partial charge in [0.05, 0.1) is 33.7 Å². The number of amides is 2. The maximum Gasteiger partial charge on any atom is 0.277 e. The fourth-order valence-electron chi connectivity index (χ4n) is 3.41. The number of hydrogen-bond acceptors (Lipinski definition) is 7. The van der Waals surface area contributed by atoms with Gasteiger partial charge in [-0.2, -0.15) is 0 Å². The second kappa shape index (κ2) is 9.16. The molecule has 0 atom stereocenters. The zero-order chi connectivity index (χ0) is 24.4. The predicted octanol–water partition coefficient (Wildman–Crippen LogP) is 4.33. The average Bonchev–Trinajstić information content (AvgIpc) is 2.80. The first kappa shape index (κ1) is 22.7. The molecule has 0 saturated carbocycles. The van der Waals surface area contributed by atoms with Crippen LogP contribution in [0.2, 0.25) is 5.02 Å². The van der Waals surface area contributed by atoms with Crippen LogP contribution >= 0.6 is 11.6 Å². The molecule has 1 N–H and O–H groups in total. The minimum absolute atomic E-state index is 0.156. The number of fused-ring (bicyclic) bond motifs is 1. The van der Waals surface area contributed by atoms with Crippen LogP contribution in [0.1, 0.15) is 15.9 Å². The molecule has 0 aromatic heterocycles. The van der Waals surface area contributed by atoms with Crippen LogP contribution < -0.4 is 15.0 Å². The van der Waals surface area contributed by atoms with E-state index in [4.69, 9.17) is 16.3 Å². The van der Waals surface area contributed by atoms with E-state index in [1.165, 1.54) is 17.0 Å². The number of carbonyl (C=O) groups excluding carboxylic acids is 2. The Labute approximate surface area is 196 Å². The number of nitro benzene ring substituents is 2. The van der Waals surface area contributed by atoms with Crippen LogP contribution in [-0.2, 0) is 11.3 Å². The molecule has 172 valence electrons. The number of nitrogens with one attached hydrogen (secondary N) is 1. The predicted molar refractivity (Wildman–Crippen MR) is 122 cm³/mol. The second-order valence-electron chi connectivity index (χ2n) is 7.29. The Balaban J connectivity index is 1.63. The number of nitro groups is 2. The van der Waals surface area contributed by atoms with Crippen LogP contribution in [0.15, 0.2) is 60.7 Å². The summed E-state index contributed by atoms with van der Waals surface area (Å²) in [5.74, 6) is -0.674. The molecule has 3 aromatic rings. The maximum atomic E-state index is 12.7. The number of halogens is 1. The highest BCUT2D eigenvalue weighted by Gasteiger charge is 2.27. The van der Waals surface area contributed by atoms with Crippen LogP contribution in [0, 0.1) is 20.2 Å². The summed E-state index contributed by atoms with van der Waals surface area (Å²) < 4.78 is 5.48. The normalized spacial score (nSPS) is 12.5. The summed E-state index contributed by atoms with van der Waals surface area (Å²) in [6, 6.07) is 14.3. The van der Waals surface area contributed by atoms with E-state index in [2.05, 4.69) is 5.32 Å². The topological polar surface area (TPSA) is 145 Å². The quantitative estimate of drug-likeness (QED) is 0.406. The van der Waals surface area contributed by atoms with E-state index >= 15 is 0 Å². The minimum atomic E-state index is -0.820. The fourth-order valence-corrected chi connectivity index (χ4v) is 3.62. The molecule has 0 aliphatic carbocycles. The first-order valence-corrected chi connectivity index (χ1v) is 10.2. The maximum absolute atomic E-state index is 12.7. The lowest BCUT2D eigenvalue weighted by Gasteiger charge is -2.30. The molecule has 0 fully saturated rings. The number of benzene rings is 3. The first-order chi connectivity index (χ1) is 16.2. The van der Waals surface area contributed by atoms with Gasteiger partial charge in [0.25, 0.3) is 23.2 Å². The van der Waals surface area contributed by atoms with E-state index in [0.717, 1.165) is 23.8 Å². The van der Waals surface area contributed by atoms with E-state index in [9.17, 15) is 29.8 Å². The van der Waals surface area contributed by atoms with Gasteiger partial charge in [0.1, 0.15) is 5.75 Å². The molecule has 0 radical (unpaired) electrons. The van der Waals surface area contributed by atoms with Crippen LogP contribution in [0.3, 0.4) is 0 Å². The Morgan fingerprint density at radius 3 is 2.38 bits per heavy atom. The number of anilines is 2. The first-order valence-electron chi connectivity index (χ1n) is 9.78. The van der Waals surface area contributed by atoms with Crippen molar-refractivity contribution in [3.8, 4) is 5.75 Å². The van der Waals surface area contributed by atoms with Gasteiger partial charge in [0, 0.05) is 22.8 Å². The Morgan fingerprint density at radius 2 is 1.74 bits per heavy atom. The highest BCUT2D eigenvalue weighted by molar-refractivity contribution is 6.30. The zero-order valence-corrected chi connectivity index (χ0v) is 18.0. The van der Waals surface area contributed by atoms with Crippen molar-refractivity contribution in [3.63, 3.8) is 0 Å². The van der Waals surface area contributed by atoms with Crippen LogP contribution in [0.4, 0.5) is 22.7 Å². The lowest BCUT2D eigenvalue weighted by atomic mass is 10.1. The van der Waals surface area contributed by atoms with E-state index in [-0.39, 0.29) is 30.3 Å². The van der Waals surface area contributed by atoms with E-state index in [0.29, 0.717) is 16.5 Å². The lowest BCUT2D eigenvalue weighted by molar-refractivity contribution is -0.394. The van der Waals surface area contributed by atoms with Crippen molar-refractivity contribution in [1.29, 1.82) is 0 Å². The Kier molecular flexibility index (Phi) is 6.11. The highest BCUT2D eigenvalue weighted by Crippen LogP contribution is 2.36. The van der Waals surface area contributed by atoms with Crippen molar-refractivity contribution in [1.82, 2.24) is 0 Å². The summed E-state index contributed by atoms with van der Waals surface area (Å²) in [6.45, 7) is 0.0564. The van der Waals surface area contributed by atoms with Crippen molar-refractivity contribution in [2.45, 2.75) is 6.54 Å². The monoisotopic (exact) mass is 482 g/mol. The molecule has 0 spiro atoms. The van der Waals surface area contributed by atoms with Crippen LogP contribution in [-0.4, -0.2) is 28.3 Å². The molecule has 1 aliphatic heterocycles. The Morgan fingerprint density at radius 1 is 1.03 bits per heavy atom. The van der Waals surface area contributed by atoms with Crippen LogP contribution in [0.5, 0.6) is 5.75 Å². The molecule has 0 bridgehead atoms. The molecular weight excluding hydrogens is 468 g/mol. The average molecular weight is 483 g/mol. The smallest absolute Gasteiger partial charge is 0.277 e. The van der Waals surface area contributed by atoms with E-state index in [1.807, 2.05) is 6.07 Å². The Bertz CT molecular complexity index is 1310. The highest BCUT2D eigenvalue weighted by atomic mass is 35.5. The number of rotatable bonds is 6. The molecule has 0 saturated heterocycles. The molecule has 4 rings (SSSR count). The van der Waals surface area contributed by atoms with Crippen molar-refractivity contribution in [3.05, 3.63) is 97.0 Å². The van der Waals surface area contributed by atoms with Crippen LogP contribution in [0.25, 0.3) is 0 Å². The van der Waals surface area contributed by atoms with E-state index < -0.39 is 27.1 Å². The molecule has 1 aliphatic rings. The van der Waals surface area contributed by atoms with Crippen molar-refractivity contribution < 1.29 is 24.2 Å². The summed E-state index contributed by atoms with van der Waals surface area (Å²) in [7, 11) is 0. The van der Waals surface area contributed by atoms with Crippen molar-refractivity contribution >= 4 is 46.2 Å². The summed E-state index contributed by atoms with van der Waals surface area (Å²) in [5, 5.41) is 25.3. The summed E-state index contributed by atoms with van der Waals surface area (Å²) in [6.07, 6.45) is 0. The number of nitrogens with zero attached hydrogens (tertiary/aromatic N) is 3. The third-order valence-corrected chi connectivity index (χ3v) is 5.21. The van der Waals surface area contributed by atoms with Gasteiger partial charge in [-0.3, -0.25) is 29.8 Å². The SMILES string of the molecule is O=C(Nc1ccc2c(c1)N(Cc1cccc(Cl)c1)C(=O)CO2)c1cc([N+](=O)[O-])cc([N+](=O)[O-])c1. The molecule has 3 aromatic carbocycles. The summed E-state index contributed by atoms with van der Waals surface area (Å²) in [5.41, 5.74) is 0.00750. The van der Waals surface area contributed by atoms with Crippen molar-refractivity contribution in [2.24, 2.45) is 0 Å². The third kappa shape index (κ3) is 4.79. The zero-order valence-electron chi connectivity index (χ0n) is 17.3. The molecule has 1 heterocycles. The largest absolute Gasteiger partial charge is 0.482 e. The standard InChI is InChI=1S/C22H15ClN4O7/c23-15-3-1-2-13(6-15)11-25-19-9-16(4-5-20(19)34-12-21(25)28)24-22(29)14-7-17(26(30)31)10-18(8-14)27(32)33/h1-10H,11-12H2,(H,24,29). The van der Waals surface area contributed by atoms with Gasteiger partial charge in [-0.05, 0) is 35.9 Å². The molecule has 34 heavy (non-hydrogen) atoms. The number of ether oxygens (including phenoxy) is 1. The second-order valence-corrected chi connectivity index (χ2v) is 7.72. The van der Waals surface area contributed by atoms with E-state index in [1.54, 1.807) is 24.3 Å². The van der Waals surface area contributed by atoms with Gasteiger partial charge in [0.15, 0.2) is 6.61 Å². The van der Waals surface area contributed by atoms with Gasteiger partial charge in [-0.15, -0.1) is 0 Å². The minimum Gasteiger partial charge on any atom is -0.482 e. The number of non-ortho nitro benzene ring substituents is 2. The fraction of sp³-hybridized carbons (Fsp3) is 0.0909. The molecule has 0 unspecified atom stereocenters. The van der Waals surface area contributed by atoms with Crippen molar-refractivity contribution in [2.75, 3.05) is 16.8 Å². The molecule has 12 heteroatoms. The molecule has 11 nitrogen and oxygen atoms in total. The number of hydrogen-bond donors (Lipinski definition) is 1. The summed E-state index contributed by atoms with van der Waals surface area (Å²) in [4.78, 5) is 47.3. The van der Waals surface area contributed by atoms with Gasteiger partial charge in [-0.25, -0.2) is 0 Å².